The number of carbonyl (C=O) groups is 2. The molecule has 196 valence electrons. The number of amides is 2. The zero-order valence-electron chi connectivity index (χ0n) is 21.8. The van der Waals surface area contributed by atoms with Crippen LogP contribution < -0.4 is 5.32 Å². The third-order valence-corrected chi connectivity index (χ3v) is 7.44. The van der Waals surface area contributed by atoms with Gasteiger partial charge in [0, 0.05) is 49.2 Å². The zero-order chi connectivity index (χ0) is 26.6. The second kappa shape index (κ2) is 11.0. The van der Waals surface area contributed by atoms with Crippen LogP contribution in [0.5, 0.6) is 0 Å². The van der Waals surface area contributed by atoms with Gasteiger partial charge in [-0.1, -0.05) is 6.08 Å². The fourth-order valence-electron chi connectivity index (χ4n) is 5.11. The molecule has 2 aromatic heterocycles. The molecule has 38 heavy (non-hydrogen) atoms. The molecule has 1 saturated heterocycles. The first kappa shape index (κ1) is 25.4. The maximum absolute atomic E-state index is 13.0. The van der Waals surface area contributed by atoms with E-state index in [1.54, 1.807) is 9.42 Å². The molecular weight excluding hydrogens is 480 g/mol. The highest BCUT2D eigenvalue weighted by Gasteiger charge is 2.25. The van der Waals surface area contributed by atoms with Crippen LogP contribution in [0.15, 0.2) is 48.7 Å². The molecule has 0 saturated carbocycles. The minimum Gasteiger partial charge on any atom is -0.339 e. The quantitative estimate of drug-likeness (QED) is 0.540. The molecule has 10 nitrogen and oxygen atoms in total. The summed E-state index contributed by atoms with van der Waals surface area (Å²) in [6.45, 7) is 3.08. The molecule has 1 fully saturated rings. The van der Waals surface area contributed by atoms with Crippen LogP contribution in [0.25, 0.3) is 11.2 Å². The number of piperidine rings is 1. The Balaban J connectivity index is 1.27. The second-order valence-corrected chi connectivity index (χ2v) is 9.93. The number of likely N-dealkylation sites (tertiary alicyclic amines) is 1. The largest absolute Gasteiger partial charge is 0.339 e. The Labute approximate surface area is 222 Å². The number of carbonyl (C=O) groups excluding carboxylic acids is 2. The van der Waals surface area contributed by atoms with Gasteiger partial charge in [0.05, 0.1) is 6.07 Å². The van der Waals surface area contributed by atoms with E-state index in [1.807, 2.05) is 66.7 Å². The first-order chi connectivity index (χ1) is 18.4. The Morgan fingerprint density at radius 3 is 2.61 bits per heavy atom. The Bertz CT molecular complexity index is 1400. The number of benzene rings is 1. The van der Waals surface area contributed by atoms with Crippen molar-refractivity contribution in [2.24, 2.45) is 0 Å². The summed E-state index contributed by atoms with van der Waals surface area (Å²) in [5.74, 6) is 0.355. The van der Waals surface area contributed by atoms with Crippen LogP contribution in [0.3, 0.4) is 0 Å². The molecule has 3 aromatic rings. The number of fused-ring (bicyclic) bond motifs is 1. The molecule has 0 radical (unpaired) electrons. The first-order valence-electron chi connectivity index (χ1n) is 13.0. The minimum atomic E-state index is -0.142. The molecule has 2 aliphatic heterocycles. The normalized spacial score (nSPS) is 16.7. The van der Waals surface area contributed by atoms with Gasteiger partial charge in [-0.25, -0.2) is 4.52 Å². The predicted octanol–water partition coefficient (Wildman–Crippen LogP) is 3.17. The van der Waals surface area contributed by atoms with Gasteiger partial charge in [-0.15, -0.1) is 5.10 Å². The van der Waals surface area contributed by atoms with Crippen LogP contribution in [-0.2, 0) is 4.79 Å². The third-order valence-electron chi connectivity index (χ3n) is 7.44. The number of rotatable bonds is 6. The average molecular weight is 513 g/mol. The van der Waals surface area contributed by atoms with Crippen LogP contribution in [-0.4, -0.2) is 87.4 Å². The SMILES string of the molecule is CN1CCC(N(C)C(=O)c2ccc(Nc3nc4c(C5=CCN(C(=O)CC#N)CC5)cccn4n3)cc2)CC1. The van der Waals surface area contributed by atoms with Crippen molar-refractivity contribution in [1.29, 1.82) is 5.26 Å². The Morgan fingerprint density at radius 1 is 1.16 bits per heavy atom. The minimum absolute atomic E-state index is 0.0373. The third kappa shape index (κ3) is 5.38. The lowest BCUT2D eigenvalue weighted by Crippen LogP contribution is -2.44. The summed E-state index contributed by atoms with van der Waals surface area (Å²) in [5, 5.41) is 16.6. The maximum atomic E-state index is 13.0. The molecule has 1 N–H and O–H groups in total. The Hall–Kier alpha value is -4.23. The van der Waals surface area contributed by atoms with E-state index < -0.39 is 0 Å². The molecule has 1 aromatic carbocycles. The Morgan fingerprint density at radius 2 is 1.92 bits per heavy atom. The molecule has 2 aliphatic rings. The molecular formula is C28H32N8O2. The molecule has 0 bridgehead atoms. The standard InChI is InChI=1S/C28H32N8O2/c1-33-16-12-23(13-17-33)34(2)27(38)21-5-7-22(8-6-21)30-28-31-26-24(4-3-15-36(26)32-28)20-10-18-35(19-11-20)25(37)9-14-29/h3-8,10,15,23H,9,11-13,16-19H2,1-2H3,(H,30,32). The van der Waals surface area contributed by atoms with Crippen molar-refractivity contribution in [3.63, 3.8) is 0 Å². The van der Waals surface area contributed by atoms with E-state index in [4.69, 9.17) is 10.2 Å². The van der Waals surface area contributed by atoms with Crippen LogP contribution in [0.1, 0.15) is 41.6 Å². The smallest absolute Gasteiger partial charge is 0.253 e. The van der Waals surface area contributed by atoms with Gasteiger partial charge in [0.25, 0.3) is 5.91 Å². The van der Waals surface area contributed by atoms with E-state index in [-0.39, 0.29) is 24.3 Å². The van der Waals surface area contributed by atoms with Gasteiger partial charge in [0.1, 0.15) is 6.42 Å². The topological polar surface area (TPSA) is 110 Å². The number of hydrogen-bond donors (Lipinski definition) is 1. The first-order valence-corrected chi connectivity index (χ1v) is 13.0. The lowest BCUT2D eigenvalue weighted by atomic mass is 10.0. The van der Waals surface area contributed by atoms with E-state index in [1.165, 1.54) is 0 Å². The van der Waals surface area contributed by atoms with Gasteiger partial charge in [-0.05, 0) is 81.4 Å². The van der Waals surface area contributed by atoms with Gasteiger partial charge in [0.2, 0.25) is 11.9 Å². The summed E-state index contributed by atoms with van der Waals surface area (Å²) in [4.78, 5) is 35.6. The van der Waals surface area contributed by atoms with Crippen LogP contribution in [0, 0.1) is 11.3 Å². The molecule has 4 heterocycles. The van der Waals surface area contributed by atoms with Crippen LogP contribution in [0.2, 0.25) is 0 Å². The number of nitrogens with zero attached hydrogens (tertiary/aromatic N) is 7. The number of pyridine rings is 1. The van der Waals surface area contributed by atoms with E-state index >= 15 is 0 Å². The van der Waals surface area contributed by atoms with Crippen LogP contribution in [0.4, 0.5) is 11.6 Å². The van der Waals surface area contributed by atoms with Crippen molar-refractivity contribution >= 4 is 34.7 Å². The maximum Gasteiger partial charge on any atom is 0.253 e. The molecule has 10 heteroatoms. The van der Waals surface area contributed by atoms with Crippen LogP contribution >= 0.6 is 0 Å². The Kier molecular flexibility index (Phi) is 7.38. The van der Waals surface area contributed by atoms with E-state index in [2.05, 4.69) is 22.4 Å². The number of anilines is 2. The monoisotopic (exact) mass is 512 g/mol. The number of hydrogen-bond acceptors (Lipinski definition) is 7. The summed E-state index contributed by atoms with van der Waals surface area (Å²) >= 11 is 0. The lowest BCUT2D eigenvalue weighted by Gasteiger charge is -2.35. The van der Waals surface area contributed by atoms with Gasteiger partial charge < -0.3 is 20.0 Å². The van der Waals surface area contributed by atoms with Crippen molar-refractivity contribution < 1.29 is 9.59 Å². The predicted molar refractivity (Wildman–Crippen MR) is 145 cm³/mol. The number of nitriles is 1. The highest BCUT2D eigenvalue weighted by molar-refractivity contribution is 5.94. The lowest BCUT2D eigenvalue weighted by molar-refractivity contribution is -0.129. The van der Waals surface area contributed by atoms with Crippen molar-refractivity contribution in [2.75, 3.05) is 45.6 Å². The number of aromatic nitrogens is 3. The zero-order valence-corrected chi connectivity index (χ0v) is 21.8. The molecule has 5 rings (SSSR count). The van der Waals surface area contributed by atoms with Gasteiger partial charge >= 0.3 is 0 Å². The van der Waals surface area contributed by atoms with E-state index in [9.17, 15) is 9.59 Å². The summed E-state index contributed by atoms with van der Waals surface area (Å²) in [7, 11) is 4.01. The van der Waals surface area contributed by atoms with E-state index in [0.717, 1.165) is 48.4 Å². The number of nitrogens with one attached hydrogen (secondary N) is 1. The van der Waals surface area contributed by atoms with Crippen molar-refractivity contribution in [2.45, 2.75) is 31.7 Å². The fraction of sp³-hybridized carbons (Fsp3) is 0.393. The van der Waals surface area contributed by atoms with Gasteiger partial charge in [-0.2, -0.15) is 10.2 Å². The van der Waals surface area contributed by atoms with Crippen molar-refractivity contribution in [3.05, 3.63) is 59.8 Å². The van der Waals surface area contributed by atoms with Gasteiger partial charge in [0.15, 0.2) is 5.65 Å². The summed E-state index contributed by atoms with van der Waals surface area (Å²) < 4.78 is 1.74. The summed E-state index contributed by atoms with van der Waals surface area (Å²) in [6, 6.07) is 13.5. The van der Waals surface area contributed by atoms with Crippen molar-refractivity contribution in [3.8, 4) is 6.07 Å². The summed E-state index contributed by atoms with van der Waals surface area (Å²) in [5.41, 5.74) is 4.26. The summed E-state index contributed by atoms with van der Waals surface area (Å²) in [6.07, 6.45) is 6.46. The van der Waals surface area contributed by atoms with Crippen molar-refractivity contribution in [1.82, 2.24) is 29.3 Å². The molecule has 0 atom stereocenters. The average Bonchev–Trinajstić information content (AvgIpc) is 3.36. The highest BCUT2D eigenvalue weighted by atomic mass is 16.2. The molecule has 2 amide bonds. The molecule has 0 unspecified atom stereocenters. The molecule has 0 spiro atoms. The second-order valence-electron chi connectivity index (χ2n) is 9.93. The highest BCUT2D eigenvalue weighted by Crippen LogP contribution is 2.27. The van der Waals surface area contributed by atoms with E-state index in [0.29, 0.717) is 31.0 Å². The van der Waals surface area contributed by atoms with Gasteiger partial charge in [-0.3, -0.25) is 9.59 Å². The molecule has 0 aliphatic carbocycles. The fourth-order valence-corrected chi connectivity index (χ4v) is 5.11.